The van der Waals surface area contributed by atoms with Crippen molar-refractivity contribution in [3.63, 3.8) is 0 Å². The van der Waals surface area contributed by atoms with Crippen LogP contribution >= 0.6 is 0 Å². The lowest BCUT2D eigenvalue weighted by Gasteiger charge is -2.26. The van der Waals surface area contributed by atoms with Crippen LogP contribution < -0.4 is 5.32 Å². The van der Waals surface area contributed by atoms with Crippen molar-refractivity contribution in [1.29, 1.82) is 0 Å². The number of likely N-dealkylation sites (tertiary alicyclic amines) is 1. The third-order valence-corrected chi connectivity index (χ3v) is 3.97. The van der Waals surface area contributed by atoms with Crippen LogP contribution in [0.1, 0.15) is 30.9 Å². The number of hydrogen-bond acceptors (Lipinski definition) is 3. The molecule has 2 rings (SSSR count). The number of rotatable bonds is 7. The normalized spacial score (nSPS) is 20.1. The third-order valence-electron chi connectivity index (χ3n) is 3.97. The molecule has 114 valence electrons. The molecule has 4 heteroatoms. The first-order chi connectivity index (χ1) is 10.2. The fraction of sp³-hybridized carbons (Fsp3) is 0.471. The van der Waals surface area contributed by atoms with Crippen molar-refractivity contribution in [3.05, 3.63) is 48.6 Å². The number of aliphatic hydroxyl groups excluding tert-OH is 1. The van der Waals surface area contributed by atoms with Gasteiger partial charge in [0.2, 0.25) is 5.91 Å². The summed E-state index contributed by atoms with van der Waals surface area (Å²) >= 11 is 0. The summed E-state index contributed by atoms with van der Waals surface area (Å²) in [7, 11) is 0. The Morgan fingerprint density at radius 1 is 1.48 bits per heavy atom. The number of amides is 1. The standard InChI is InChI=1S/C17H24N2O2/c1-2-10-18-17(21)13-19-11-6-9-15(19)12-16(20)14-7-4-3-5-8-14/h2-5,7-8,15-16,20H,1,6,9-13H2,(H,18,21). The highest BCUT2D eigenvalue weighted by atomic mass is 16.3. The molecule has 0 saturated carbocycles. The van der Waals surface area contributed by atoms with E-state index < -0.39 is 6.10 Å². The predicted octanol–water partition coefficient (Wildman–Crippen LogP) is 1.88. The molecule has 1 aliphatic rings. The maximum atomic E-state index is 11.8. The van der Waals surface area contributed by atoms with E-state index in [1.165, 1.54) is 0 Å². The number of nitrogens with zero attached hydrogens (tertiary/aromatic N) is 1. The Morgan fingerprint density at radius 3 is 2.95 bits per heavy atom. The maximum absolute atomic E-state index is 11.8. The molecule has 0 aromatic heterocycles. The molecule has 4 nitrogen and oxygen atoms in total. The molecule has 1 aromatic carbocycles. The SMILES string of the molecule is C=CCNC(=O)CN1CCCC1CC(O)c1ccccc1. The van der Waals surface area contributed by atoms with E-state index in [0.717, 1.165) is 24.9 Å². The van der Waals surface area contributed by atoms with Crippen molar-refractivity contribution < 1.29 is 9.90 Å². The molecule has 1 fully saturated rings. The van der Waals surface area contributed by atoms with Crippen molar-refractivity contribution in [1.82, 2.24) is 10.2 Å². The van der Waals surface area contributed by atoms with Gasteiger partial charge in [-0.25, -0.2) is 0 Å². The van der Waals surface area contributed by atoms with Crippen LogP contribution in [0.25, 0.3) is 0 Å². The van der Waals surface area contributed by atoms with Crippen LogP contribution in [0, 0.1) is 0 Å². The number of aliphatic hydroxyl groups is 1. The van der Waals surface area contributed by atoms with Gasteiger partial charge in [0.1, 0.15) is 0 Å². The van der Waals surface area contributed by atoms with Gasteiger partial charge in [0.15, 0.2) is 0 Å². The number of benzene rings is 1. The lowest BCUT2D eigenvalue weighted by atomic mass is 10.0. The van der Waals surface area contributed by atoms with E-state index in [9.17, 15) is 9.90 Å². The molecule has 0 spiro atoms. The maximum Gasteiger partial charge on any atom is 0.234 e. The minimum Gasteiger partial charge on any atom is -0.388 e. The first-order valence-electron chi connectivity index (χ1n) is 7.55. The van der Waals surface area contributed by atoms with Gasteiger partial charge in [-0.2, -0.15) is 0 Å². The smallest absolute Gasteiger partial charge is 0.234 e. The molecule has 21 heavy (non-hydrogen) atoms. The molecule has 2 atom stereocenters. The molecular formula is C17H24N2O2. The minimum atomic E-state index is -0.465. The Morgan fingerprint density at radius 2 is 2.24 bits per heavy atom. The highest BCUT2D eigenvalue weighted by Crippen LogP contribution is 2.26. The zero-order valence-corrected chi connectivity index (χ0v) is 12.4. The second-order valence-corrected chi connectivity index (χ2v) is 5.52. The highest BCUT2D eigenvalue weighted by Gasteiger charge is 2.28. The van der Waals surface area contributed by atoms with Crippen molar-refractivity contribution in [2.45, 2.75) is 31.4 Å². The molecule has 1 amide bonds. The Balaban J connectivity index is 1.87. The zero-order chi connectivity index (χ0) is 15.1. The molecular weight excluding hydrogens is 264 g/mol. The molecule has 0 radical (unpaired) electrons. The third kappa shape index (κ3) is 4.69. The van der Waals surface area contributed by atoms with Crippen molar-refractivity contribution in [3.8, 4) is 0 Å². The summed E-state index contributed by atoms with van der Waals surface area (Å²) in [6.45, 7) is 5.42. The summed E-state index contributed by atoms with van der Waals surface area (Å²) in [4.78, 5) is 14.0. The van der Waals surface area contributed by atoms with Gasteiger partial charge >= 0.3 is 0 Å². The quantitative estimate of drug-likeness (QED) is 0.753. The average Bonchev–Trinajstić information content (AvgIpc) is 2.93. The van der Waals surface area contributed by atoms with E-state index in [2.05, 4.69) is 16.8 Å². The number of carbonyl (C=O) groups excluding carboxylic acids is 1. The lowest BCUT2D eigenvalue weighted by molar-refractivity contribution is -0.122. The van der Waals surface area contributed by atoms with Crippen LogP contribution in [0.5, 0.6) is 0 Å². The van der Waals surface area contributed by atoms with Gasteiger partial charge in [0.05, 0.1) is 12.6 Å². The topological polar surface area (TPSA) is 52.6 Å². The summed E-state index contributed by atoms with van der Waals surface area (Å²) in [6, 6.07) is 9.99. The molecule has 0 aliphatic carbocycles. The van der Waals surface area contributed by atoms with Crippen molar-refractivity contribution >= 4 is 5.91 Å². The molecule has 1 saturated heterocycles. The van der Waals surface area contributed by atoms with Crippen molar-refractivity contribution in [2.24, 2.45) is 0 Å². The summed E-state index contributed by atoms with van der Waals surface area (Å²) in [5, 5.41) is 13.1. The van der Waals surface area contributed by atoms with E-state index in [-0.39, 0.29) is 11.9 Å². The van der Waals surface area contributed by atoms with Gasteiger partial charge in [-0.1, -0.05) is 36.4 Å². The van der Waals surface area contributed by atoms with Crippen LogP contribution in [-0.4, -0.2) is 41.6 Å². The first-order valence-corrected chi connectivity index (χ1v) is 7.55. The second-order valence-electron chi connectivity index (χ2n) is 5.52. The zero-order valence-electron chi connectivity index (χ0n) is 12.4. The molecule has 2 unspecified atom stereocenters. The Kier molecular flexibility index (Phi) is 5.96. The largest absolute Gasteiger partial charge is 0.388 e. The van der Waals surface area contributed by atoms with E-state index in [1.54, 1.807) is 6.08 Å². The van der Waals surface area contributed by atoms with Crippen LogP contribution in [0.4, 0.5) is 0 Å². The summed E-state index contributed by atoms with van der Waals surface area (Å²) in [5.41, 5.74) is 0.945. The monoisotopic (exact) mass is 288 g/mol. The number of carbonyl (C=O) groups is 1. The highest BCUT2D eigenvalue weighted by molar-refractivity contribution is 5.78. The van der Waals surface area contributed by atoms with E-state index in [0.29, 0.717) is 19.5 Å². The van der Waals surface area contributed by atoms with Crippen LogP contribution in [-0.2, 0) is 4.79 Å². The number of nitrogens with one attached hydrogen (secondary N) is 1. The van der Waals surface area contributed by atoms with Crippen LogP contribution in [0.15, 0.2) is 43.0 Å². The first kappa shape index (κ1) is 15.7. The van der Waals surface area contributed by atoms with Crippen LogP contribution in [0.3, 0.4) is 0 Å². The van der Waals surface area contributed by atoms with Gasteiger partial charge in [-0.3, -0.25) is 9.69 Å². The van der Waals surface area contributed by atoms with Crippen molar-refractivity contribution in [2.75, 3.05) is 19.6 Å². The van der Waals surface area contributed by atoms with Gasteiger partial charge in [-0.15, -0.1) is 6.58 Å². The molecule has 0 bridgehead atoms. The average molecular weight is 288 g/mol. The minimum absolute atomic E-state index is 0.0241. The summed E-state index contributed by atoms with van der Waals surface area (Å²) < 4.78 is 0. The Labute approximate surface area is 126 Å². The second kappa shape index (κ2) is 7.96. The molecule has 1 heterocycles. The summed E-state index contributed by atoms with van der Waals surface area (Å²) in [5.74, 6) is 0.0241. The molecule has 1 aliphatic heterocycles. The lowest BCUT2D eigenvalue weighted by Crippen LogP contribution is -2.40. The fourth-order valence-electron chi connectivity index (χ4n) is 2.87. The Hall–Kier alpha value is -1.65. The van der Waals surface area contributed by atoms with Gasteiger partial charge in [0, 0.05) is 12.6 Å². The molecule has 1 aromatic rings. The van der Waals surface area contributed by atoms with Crippen LogP contribution in [0.2, 0.25) is 0 Å². The van der Waals surface area contributed by atoms with E-state index in [1.807, 2.05) is 30.3 Å². The van der Waals surface area contributed by atoms with Gasteiger partial charge < -0.3 is 10.4 Å². The van der Waals surface area contributed by atoms with Gasteiger partial charge in [0.25, 0.3) is 0 Å². The Bertz CT molecular complexity index is 461. The number of hydrogen-bond donors (Lipinski definition) is 2. The predicted molar refractivity (Wildman–Crippen MR) is 83.8 cm³/mol. The fourth-order valence-corrected chi connectivity index (χ4v) is 2.87. The molecule has 2 N–H and O–H groups in total. The van der Waals surface area contributed by atoms with Gasteiger partial charge in [-0.05, 0) is 31.4 Å². The van der Waals surface area contributed by atoms with E-state index >= 15 is 0 Å². The summed E-state index contributed by atoms with van der Waals surface area (Å²) in [6.07, 6.45) is 4.02. The van der Waals surface area contributed by atoms with E-state index in [4.69, 9.17) is 0 Å².